The number of imidazole rings is 1. The van der Waals surface area contributed by atoms with Gasteiger partial charge in [-0.2, -0.15) is 4.79 Å². The van der Waals surface area contributed by atoms with Crippen LogP contribution in [-0.4, -0.2) is 21.7 Å². The van der Waals surface area contributed by atoms with Crippen molar-refractivity contribution in [2.75, 3.05) is 0 Å². The first-order valence-corrected chi connectivity index (χ1v) is 9.64. The highest BCUT2D eigenvalue weighted by Crippen LogP contribution is 2.24. The average molecular weight is 418 g/mol. The Morgan fingerprint density at radius 3 is 2.00 bits per heavy atom. The van der Waals surface area contributed by atoms with E-state index >= 15 is 0 Å². The fourth-order valence-corrected chi connectivity index (χ4v) is 3.15. The fraction of sp³-hybridized carbons (Fsp3) is 0.125. The molecule has 0 aliphatic rings. The van der Waals surface area contributed by atoms with E-state index in [1.807, 2.05) is 60.7 Å². The average Bonchev–Trinajstić information content (AvgIpc) is 3.10. The van der Waals surface area contributed by atoms with Crippen LogP contribution >= 0.6 is 0 Å². The minimum atomic E-state index is -0.704. The number of carbonyl (C=O) groups is 2. The molecule has 31 heavy (non-hydrogen) atoms. The van der Waals surface area contributed by atoms with Gasteiger partial charge in [0.25, 0.3) is 0 Å². The van der Waals surface area contributed by atoms with Crippen molar-refractivity contribution in [1.29, 1.82) is 0 Å². The second-order valence-electron chi connectivity index (χ2n) is 6.95. The van der Waals surface area contributed by atoms with Gasteiger partial charge in [-0.15, -0.1) is 0 Å². The Morgan fingerprint density at radius 2 is 1.42 bits per heavy atom. The highest BCUT2D eigenvalue weighted by atomic mass is 19.2. The predicted octanol–water partition coefficient (Wildman–Crippen LogP) is 4.79. The molecule has 0 fully saturated rings. The van der Waals surface area contributed by atoms with Crippen LogP contribution < -0.4 is 0 Å². The monoisotopic (exact) mass is 418 g/mol. The van der Waals surface area contributed by atoms with Crippen molar-refractivity contribution in [3.05, 3.63) is 101 Å². The van der Waals surface area contributed by atoms with Gasteiger partial charge in [-0.3, -0.25) is 0 Å². The van der Waals surface area contributed by atoms with E-state index in [4.69, 9.17) is 9.47 Å². The van der Waals surface area contributed by atoms with E-state index in [-0.39, 0.29) is 41.2 Å². The van der Waals surface area contributed by atoms with Crippen molar-refractivity contribution in [2.24, 2.45) is 0 Å². The van der Waals surface area contributed by atoms with Crippen LogP contribution in [0, 0.1) is 6.92 Å². The molecule has 0 radical (unpaired) electrons. The molecule has 0 atom stereocenters. The number of hydrogen-bond donors (Lipinski definition) is 0. The third-order valence-electron chi connectivity index (χ3n) is 4.74. The summed E-state index contributed by atoms with van der Waals surface area (Å²) in [6.45, 7) is 1.56. The maximum absolute atomic E-state index is 14.5. The summed E-state index contributed by atoms with van der Waals surface area (Å²) in [5.41, 5.74) is 1.77. The molecule has 156 valence electrons. The minimum absolute atomic E-state index is 0.000378. The van der Waals surface area contributed by atoms with Gasteiger partial charge in [0.05, 0.1) is 11.1 Å². The van der Waals surface area contributed by atoms with Crippen LogP contribution in [0.2, 0.25) is 0 Å². The van der Waals surface area contributed by atoms with E-state index in [1.165, 1.54) is 19.1 Å². The van der Waals surface area contributed by atoms with Crippen LogP contribution in [0.25, 0.3) is 11.0 Å². The number of rotatable bonds is 6. The number of halogens is 1. The van der Waals surface area contributed by atoms with Gasteiger partial charge in [-0.25, -0.2) is 14.6 Å². The molecule has 0 saturated heterocycles. The summed E-state index contributed by atoms with van der Waals surface area (Å²) in [5.74, 6) is -1.33. The maximum Gasteiger partial charge on any atom is 0.340 e. The summed E-state index contributed by atoms with van der Waals surface area (Å²) in [6, 6.07) is 21.0. The predicted molar refractivity (Wildman–Crippen MR) is 112 cm³/mol. The Labute approximate surface area is 177 Å². The van der Waals surface area contributed by atoms with Crippen molar-refractivity contribution < 1.29 is 23.5 Å². The molecule has 0 N–H and O–H groups in total. The third kappa shape index (κ3) is 4.45. The molecule has 6 nitrogen and oxygen atoms in total. The summed E-state index contributed by atoms with van der Waals surface area (Å²) in [4.78, 5) is 29.8. The van der Waals surface area contributed by atoms with Crippen LogP contribution in [-0.2, 0) is 22.7 Å². The van der Waals surface area contributed by atoms with Crippen molar-refractivity contribution >= 4 is 23.0 Å². The summed E-state index contributed by atoms with van der Waals surface area (Å²) in [6.07, 6.45) is 0. The molecule has 0 spiro atoms. The standard InChI is InChI=1S/C24H19FN2O4/c1-16-26-22-20(24(29)31-15-18-10-6-3-7-11-18)12-19(13-21(22)27(16)25)23(28)30-14-17-8-4-2-5-9-17/h2-13H,14-15H2,1H3. The number of aromatic nitrogens is 2. The molecule has 1 heterocycles. The first-order valence-electron chi connectivity index (χ1n) is 9.64. The lowest BCUT2D eigenvalue weighted by Crippen LogP contribution is -2.10. The Hall–Kier alpha value is -4.00. The first kappa shape index (κ1) is 20.3. The number of ether oxygens (including phenoxy) is 2. The van der Waals surface area contributed by atoms with Gasteiger partial charge in [0, 0.05) is 0 Å². The zero-order valence-corrected chi connectivity index (χ0v) is 16.7. The summed E-state index contributed by atoms with van der Waals surface area (Å²) >= 11 is 0. The topological polar surface area (TPSA) is 70.4 Å². The highest BCUT2D eigenvalue weighted by Gasteiger charge is 2.22. The summed E-state index contributed by atoms with van der Waals surface area (Å²) in [5, 5.41) is 0. The van der Waals surface area contributed by atoms with Crippen molar-refractivity contribution in [1.82, 2.24) is 9.77 Å². The van der Waals surface area contributed by atoms with E-state index in [0.717, 1.165) is 11.1 Å². The molecule has 0 bridgehead atoms. The molecule has 0 unspecified atom stereocenters. The van der Waals surface area contributed by atoms with E-state index in [2.05, 4.69) is 4.98 Å². The van der Waals surface area contributed by atoms with Gasteiger partial charge in [0.2, 0.25) is 0 Å². The largest absolute Gasteiger partial charge is 0.457 e. The first-order chi connectivity index (χ1) is 15.0. The third-order valence-corrected chi connectivity index (χ3v) is 4.74. The minimum Gasteiger partial charge on any atom is -0.457 e. The Kier molecular flexibility index (Phi) is 5.75. The van der Waals surface area contributed by atoms with Crippen LogP contribution in [0.1, 0.15) is 37.7 Å². The molecule has 1 aromatic heterocycles. The molecule has 0 aliphatic carbocycles. The molecule has 4 aromatic rings. The number of nitrogens with zero attached hydrogens (tertiary/aromatic N) is 2. The van der Waals surface area contributed by atoms with Crippen LogP contribution in [0.5, 0.6) is 0 Å². The SMILES string of the molecule is Cc1nc2c(C(=O)OCc3ccccc3)cc(C(=O)OCc3ccccc3)cc2n1F. The number of carbonyl (C=O) groups excluding carboxylic acids is 2. The lowest BCUT2D eigenvalue weighted by Gasteiger charge is -2.09. The van der Waals surface area contributed by atoms with E-state index < -0.39 is 11.9 Å². The lowest BCUT2D eigenvalue weighted by atomic mass is 10.1. The van der Waals surface area contributed by atoms with Gasteiger partial charge in [0.15, 0.2) is 0 Å². The van der Waals surface area contributed by atoms with Crippen LogP contribution in [0.3, 0.4) is 0 Å². The van der Waals surface area contributed by atoms with Crippen molar-refractivity contribution in [3.63, 3.8) is 0 Å². The van der Waals surface area contributed by atoms with Gasteiger partial charge in [-0.05, 0) is 30.2 Å². The number of fused-ring (bicyclic) bond motifs is 1. The number of hydrogen-bond acceptors (Lipinski definition) is 5. The van der Waals surface area contributed by atoms with Crippen LogP contribution in [0.4, 0.5) is 4.48 Å². The Bertz CT molecular complexity index is 1240. The second-order valence-corrected chi connectivity index (χ2v) is 6.95. The zero-order chi connectivity index (χ0) is 21.8. The Morgan fingerprint density at radius 1 is 0.871 bits per heavy atom. The number of aryl methyl sites for hydroxylation is 1. The normalized spacial score (nSPS) is 10.8. The molecule has 0 aliphatic heterocycles. The fourth-order valence-electron chi connectivity index (χ4n) is 3.15. The number of benzene rings is 3. The van der Waals surface area contributed by atoms with Crippen molar-refractivity contribution in [3.8, 4) is 0 Å². The second kappa shape index (κ2) is 8.79. The lowest BCUT2D eigenvalue weighted by molar-refractivity contribution is 0.0472. The molecule has 7 heteroatoms. The smallest absolute Gasteiger partial charge is 0.340 e. The molecule has 0 saturated carbocycles. The summed E-state index contributed by atoms with van der Waals surface area (Å²) < 4.78 is 25.2. The van der Waals surface area contributed by atoms with E-state index in [1.54, 1.807) is 0 Å². The molecule has 4 rings (SSSR count). The number of esters is 2. The van der Waals surface area contributed by atoms with E-state index in [0.29, 0.717) is 4.79 Å². The quantitative estimate of drug-likeness (QED) is 0.421. The van der Waals surface area contributed by atoms with Crippen molar-refractivity contribution in [2.45, 2.75) is 20.1 Å². The summed E-state index contributed by atoms with van der Waals surface area (Å²) in [7, 11) is 0. The molecule has 3 aromatic carbocycles. The van der Waals surface area contributed by atoms with Gasteiger partial charge in [-0.1, -0.05) is 65.1 Å². The Balaban J connectivity index is 1.61. The van der Waals surface area contributed by atoms with E-state index in [9.17, 15) is 14.1 Å². The molecular weight excluding hydrogens is 399 g/mol. The van der Waals surface area contributed by atoms with Gasteiger partial charge in [0.1, 0.15) is 30.1 Å². The van der Waals surface area contributed by atoms with Crippen LogP contribution in [0.15, 0.2) is 72.8 Å². The highest BCUT2D eigenvalue weighted by molar-refractivity contribution is 6.06. The maximum atomic E-state index is 14.5. The van der Waals surface area contributed by atoms with Gasteiger partial charge >= 0.3 is 11.9 Å². The zero-order valence-electron chi connectivity index (χ0n) is 16.7. The molecular formula is C24H19FN2O4. The molecule has 0 amide bonds. The van der Waals surface area contributed by atoms with Gasteiger partial charge < -0.3 is 9.47 Å².